The molecular formula is C14H20O2. The van der Waals surface area contributed by atoms with Gasteiger partial charge in [0.25, 0.3) is 0 Å². The predicted molar refractivity (Wildman–Crippen MR) is 65.8 cm³/mol. The Balaban J connectivity index is 0.000000606. The fourth-order valence-electron chi connectivity index (χ4n) is 1.98. The average Bonchev–Trinajstić information content (AvgIpc) is 2.39. The minimum Gasteiger partial charge on any atom is -0.465 e. The van der Waals surface area contributed by atoms with Gasteiger partial charge in [-0.1, -0.05) is 19.9 Å². The lowest BCUT2D eigenvalue weighted by molar-refractivity contribution is 0.0600. The van der Waals surface area contributed by atoms with Crippen LogP contribution < -0.4 is 0 Å². The molecule has 1 aromatic carbocycles. The number of ether oxygens (including phenoxy) is 1. The summed E-state index contributed by atoms with van der Waals surface area (Å²) >= 11 is 0. The van der Waals surface area contributed by atoms with E-state index in [9.17, 15) is 4.79 Å². The molecule has 0 spiro atoms. The number of carbonyl (C=O) groups is 1. The molecule has 2 nitrogen and oxygen atoms in total. The van der Waals surface area contributed by atoms with Gasteiger partial charge in [-0.3, -0.25) is 0 Å². The number of methoxy groups -OCH3 is 1. The molecule has 0 saturated heterocycles. The van der Waals surface area contributed by atoms with Crippen molar-refractivity contribution >= 4 is 5.97 Å². The van der Waals surface area contributed by atoms with Gasteiger partial charge >= 0.3 is 5.97 Å². The molecule has 2 rings (SSSR count). The summed E-state index contributed by atoms with van der Waals surface area (Å²) in [5.41, 5.74) is 3.39. The molecule has 1 aliphatic rings. The summed E-state index contributed by atoms with van der Waals surface area (Å²) in [5.74, 6) is -0.238. The van der Waals surface area contributed by atoms with Gasteiger partial charge in [0.1, 0.15) is 0 Å². The number of hydrogen-bond acceptors (Lipinski definition) is 2. The van der Waals surface area contributed by atoms with Crippen LogP contribution in [0.2, 0.25) is 0 Å². The van der Waals surface area contributed by atoms with Crippen molar-refractivity contribution in [2.24, 2.45) is 0 Å². The first-order chi connectivity index (χ1) is 7.81. The van der Waals surface area contributed by atoms with Gasteiger partial charge in [0.2, 0.25) is 0 Å². The molecule has 88 valence electrons. The summed E-state index contributed by atoms with van der Waals surface area (Å²) < 4.78 is 4.69. The van der Waals surface area contributed by atoms with Crippen LogP contribution in [-0.4, -0.2) is 13.1 Å². The van der Waals surface area contributed by atoms with Gasteiger partial charge in [0, 0.05) is 0 Å². The number of benzene rings is 1. The molecule has 0 radical (unpaired) electrons. The first-order valence-electron chi connectivity index (χ1n) is 6.01. The molecule has 0 amide bonds. The lowest BCUT2D eigenvalue weighted by atomic mass is 9.90. The highest BCUT2D eigenvalue weighted by Gasteiger charge is 2.12. The number of rotatable bonds is 1. The lowest BCUT2D eigenvalue weighted by Gasteiger charge is -2.15. The molecule has 0 atom stereocenters. The van der Waals surface area contributed by atoms with E-state index in [0.717, 1.165) is 12.8 Å². The third kappa shape index (κ3) is 2.84. The fraction of sp³-hybridized carbons (Fsp3) is 0.500. The topological polar surface area (TPSA) is 26.3 Å². The van der Waals surface area contributed by atoms with Crippen LogP contribution in [-0.2, 0) is 17.6 Å². The summed E-state index contributed by atoms with van der Waals surface area (Å²) in [4.78, 5) is 11.3. The van der Waals surface area contributed by atoms with Gasteiger partial charge in [-0.05, 0) is 48.9 Å². The van der Waals surface area contributed by atoms with E-state index in [1.807, 2.05) is 26.0 Å². The van der Waals surface area contributed by atoms with E-state index >= 15 is 0 Å². The Bertz CT molecular complexity index is 356. The molecular weight excluding hydrogens is 200 g/mol. The van der Waals surface area contributed by atoms with Crippen molar-refractivity contribution in [2.75, 3.05) is 7.11 Å². The van der Waals surface area contributed by atoms with Gasteiger partial charge in [-0.2, -0.15) is 0 Å². The Morgan fingerprint density at radius 2 is 1.75 bits per heavy atom. The molecule has 0 fully saturated rings. The van der Waals surface area contributed by atoms with Crippen molar-refractivity contribution in [3.63, 3.8) is 0 Å². The van der Waals surface area contributed by atoms with Gasteiger partial charge < -0.3 is 4.74 Å². The number of hydrogen-bond donors (Lipinski definition) is 0. The van der Waals surface area contributed by atoms with Crippen LogP contribution >= 0.6 is 0 Å². The maximum atomic E-state index is 11.3. The molecule has 0 unspecified atom stereocenters. The second kappa shape index (κ2) is 6.31. The number of carbonyl (C=O) groups excluding carboxylic acids is 1. The minimum atomic E-state index is -0.238. The molecule has 2 heteroatoms. The summed E-state index contributed by atoms with van der Waals surface area (Å²) in [5, 5.41) is 0. The first kappa shape index (κ1) is 12.8. The number of aryl methyl sites for hydroxylation is 2. The Morgan fingerprint density at radius 3 is 2.38 bits per heavy atom. The zero-order valence-corrected chi connectivity index (χ0v) is 10.4. The largest absolute Gasteiger partial charge is 0.465 e. The zero-order valence-electron chi connectivity index (χ0n) is 10.4. The van der Waals surface area contributed by atoms with Crippen LogP contribution in [0.15, 0.2) is 18.2 Å². The van der Waals surface area contributed by atoms with E-state index in [-0.39, 0.29) is 5.97 Å². The summed E-state index contributed by atoms with van der Waals surface area (Å²) in [6, 6.07) is 5.89. The standard InChI is InChI=1S/C12H14O2.C2H6/c1-14-12(13)11-7-6-9-4-2-3-5-10(9)8-11;1-2/h6-8H,2-5H2,1H3;1-2H3. The van der Waals surface area contributed by atoms with E-state index in [2.05, 4.69) is 10.8 Å². The molecule has 0 N–H and O–H groups in total. The van der Waals surface area contributed by atoms with Crippen molar-refractivity contribution in [1.29, 1.82) is 0 Å². The van der Waals surface area contributed by atoms with Gasteiger partial charge in [-0.15, -0.1) is 0 Å². The third-order valence-corrected chi connectivity index (χ3v) is 2.77. The average molecular weight is 220 g/mol. The molecule has 0 saturated carbocycles. The highest BCUT2D eigenvalue weighted by Crippen LogP contribution is 2.22. The third-order valence-electron chi connectivity index (χ3n) is 2.77. The van der Waals surface area contributed by atoms with Crippen LogP contribution in [0.25, 0.3) is 0 Å². The molecule has 1 aliphatic carbocycles. The van der Waals surface area contributed by atoms with E-state index in [0.29, 0.717) is 5.56 Å². The molecule has 0 aromatic heterocycles. The second-order valence-corrected chi connectivity index (χ2v) is 3.68. The van der Waals surface area contributed by atoms with Crippen LogP contribution in [0, 0.1) is 0 Å². The van der Waals surface area contributed by atoms with Crippen LogP contribution in [0.4, 0.5) is 0 Å². The van der Waals surface area contributed by atoms with Crippen molar-refractivity contribution < 1.29 is 9.53 Å². The second-order valence-electron chi connectivity index (χ2n) is 3.68. The van der Waals surface area contributed by atoms with Gasteiger partial charge in [0.05, 0.1) is 12.7 Å². The zero-order chi connectivity index (χ0) is 12.0. The van der Waals surface area contributed by atoms with Crippen LogP contribution in [0.1, 0.15) is 48.2 Å². The molecule has 16 heavy (non-hydrogen) atoms. The van der Waals surface area contributed by atoms with Gasteiger partial charge in [-0.25, -0.2) is 4.79 Å². The molecule has 0 aliphatic heterocycles. The van der Waals surface area contributed by atoms with Gasteiger partial charge in [0.15, 0.2) is 0 Å². The van der Waals surface area contributed by atoms with E-state index < -0.39 is 0 Å². The minimum absolute atomic E-state index is 0.238. The maximum absolute atomic E-state index is 11.3. The Hall–Kier alpha value is -1.31. The highest BCUT2D eigenvalue weighted by molar-refractivity contribution is 5.89. The van der Waals surface area contributed by atoms with Crippen molar-refractivity contribution in [3.05, 3.63) is 34.9 Å². The Kier molecular flexibility index (Phi) is 5.03. The normalized spacial score (nSPS) is 13.2. The van der Waals surface area contributed by atoms with Crippen LogP contribution in [0.5, 0.6) is 0 Å². The fourth-order valence-corrected chi connectivity index (χ4v) is 1.98. The first-order valence-corrected chi connectivity index (χ1v) is 6.01. The smallest absolute Gasteiger partial charge is 0.337 e. The number of fused-ring (bicyclic) bond motifs is 1. The molecule has 0 bridgehead atoms. The maximum Gasteiger partial charge on any atom is 0.337 e. The van der Waals surface area contributed by atoms with Crippen molar-refractivity contribution in [1.82, 2.24) is 0 Å². The monoisotopic (exact) mass is 220 g/mol. The quantitative estimate of drug-likeness (QED) is 0.678. The van der Waals surface area contributed by atoms with Crippen molar-refractivity contribution in [2.45, 2.75) is 39.5 Å². The SMILES string of the molecule is CC.COC(=O)c1ccc2c(c1)CCCC2. The van der Waals surface area contributed by atoms with E-state index in [1.165, 1.54) is 31.1 Å². The Morgan fingerprint density at radius 1 is 1.12 bits per heavy atom. The lowest BCUT2D eigenvalue weighted by Crippen LogP contribution is -2.07. The van der Waals surface area contributed by atoms with Crippen molar-refractivity contribution in [3.8, 4) is 0 Å². The molecule has 0 heterocycles. The molecule has 1 aromatic rings. The highest BCUT2D eigenvalue weighted by atomic mass is 16.5. The summed E-state index contributed by atoms with van der Waals surface area (Å²) in [7, 11) is 1.42. The predicted octanol–water partition coefficient (Wildman–Crippen LogP) is 3.38. The number of esters is 1. The Labute approximate surface area is 97.6 Å². The van der Waals surface area contributed by atoms with E-state index in [4.69, 9.17) is 0 Å². The summed E-state index contributed by atoms with van der Waals surface area (Å²) in [6.45, 7) is 4.00. The summed E-state index contributed by atoms with van der Waals surface area (Å²) in [6.07, 6.45) is 4.75. The van der Waals surface area contributed by atoms with Crippen LogP contribution in [0.3, 0.4) is 0 Å². The van der Waals surface area contributed by atoms with E-state index in [1.54, 1.807) is 0 Å².